The van der Waals surface area contributed by atoms with Crippen molar-refractivity contribution in [1.29, 1.82) is 0 Å². The van der Waals surface area contributed by atoms with Gasteiger partial charge in [-0.25, -0.2) is 0 Å². The predicted molar refractivity (Wildman–Crippen MR) is 110 cm³/mol. The average Bonchev–Trinajstić information content (AvgIpc) is 3.39. The first kappa shape index (κ1) is 18.5. The number of hydrogen-bond donors (Lipinski definition) is 0. The minimum absolute atomic E-state index is 0.136. The van der Waals surface area contributed by atoms with E-state index < -0.39 is 4.92 Å². The molecule has 0 unspecified atom stereocenters. The van der Waals surface area contributed by atoms with Crippen LogP contribution in [0.25, 0.3) is 11.3 Å². The Labute approximate surface area is 181 Å². The van der Waals surface area contributed by atoms with E-state index in [-0.39, 0.29) is 63.3 Å². The maximum Gasteiger partial charge on any atom is 0.281 e. The first-order valence-electron chi connectivity index (χ1n) is 10.1. The van der Waals surface area contributed by atoms with Crippen molar-refractivity contribution in [2.75, 3.05) is 0 Å². The fourth-order valence-corrected chi connectivity index (χ4v) is 5.77. The number of hydrogen-bond acceptors (Lipinski definition) is 6. The van der Waals surface area contributed by atoms with Crippen LogP contribution in [0.15, 0.2) is 52.0 Å². The van der Waals surface area contributed by atoms with Crippen LogP contribution in [0.2, 0.25) is 5.02 Å². The SMILES string of the molecule is O=C1[C@@H]2[C@@H]3C=C[C@H]([C@@H]4C[C@H]34)[C@H]2C(=O)N1/N=C\c1ccc(-c2ccc(Cl)cc2[N+](=O)[O-])o1. The van der Waals surface area contributed by atoms with E-state index in [1.807, 2.05) is 0 Å². The number of nitro benzene ring substituents is 1. The smallest absolute Gasteiger partial charge is 0.281 e. The van der Waals surface area contributed by atoms with Crippen molar-refractivity contribution < 1.29 is 18.9 Å². The van der Waals surface area contributed by atoms with Gasteiger partial charge < -0.3 is 4.42 Å². The van der Waals surface area contributed by atoms with Crippen LogP contribution in [0, 0.1) is 45.6 Å². The molecule has 156 valence electrons. The maximum absolute atomic E-state index is 12.9. The molecular weight excluding hydrogens is 422 g/mol. The summed E-state index contributed by atoms with van der Waals surface area (Å²) in [6.45, 7) is 0. The summed E-state index contributed by atoms with van der Waals surface area (Å²) in [5, 5.41) is 16.7. The molecule has 3 fully saturated rings. The number of carbonyl (C=O) groups excluding carboxylic acids is 2. The molecule has 31 heavy (non-hydrogen) atoms. The average molecular weight is 438 g/mol. The minimum atomic E-state index is -0.534. The molecule has 4 aliphatic carbocycles. The number of imide groups is 1. The Bertz CT molecular complexity index is 1180. The molecule has 2 bridgehead atoms. The normalized spacial score (nSPS) is 32.6. The number of allylic oxidation sites excluding steroid dienone is 2. The highest BCUT2D eigenvalue weighted by atomic mass is 35.5. The van der Waals surface area contributed by atoms with Gasteiger partial charge in [-0.05, 0) is 54.4 Å². The number of nitro groups is 1. The van der Waals surface area contributed by atoms with Crippen LogP contribution in [0.1, 0.15) is 12.2 Å². The molecule has 0 spiro atoms. The molecule has 9 heteroatoms. The van der Waals surface area contributed by atoms with Gasteiger partial charge in [0.1, 0.15) is 11.5 Å². The lowest BCUT2D eigenvalue weighted by molar-refractivity contribution is -0.384. The van der Waals surface area contributed by atoms with Crippen LogP contribution < -0.4 is 0 Å². The quantitative estimate of drug-likeness (QED) is 0.237. The summed E-state index contributed by atoms with van der Waals surface area (Å²) in [5.74, 6) is 0.736. The number of furan rings is 1. The van der Waals surface area contributed by atoms with Crippen molar-refractivity contribution in [3.05, 3.63) is 63.4 Å². The zero-order chi connectivity index (χ0) is 21.4. The van der Waals surface area contributed by atoms with Gasteiger partial charge in [0.2, 0.25) is 0 Å². The molecule has 6 atom stereocenters. The van der Waals surface area contributed by atoms with E-state index in [2.05, 4.69) is 17.3 Å². The summed E-state index contributed by atoms with van der Waals surface area (Å²) in [7, 11) is 0. The molecule has 2 aromatic rings. The van der Waals surface area contributed by atoms with Crippen LogP contribution in [-0.2, 0) is 9.59 Å². The second-order valence-electron chi connectivity index (χ2n) is 8.51. The van der Waals surface area contributed by atoms with Crippen molar-refractivity contribution >= 4 is 35.3 Å². The van der Waals surface area contributed by atoms with Crippen molar-refractivity contribution in [2.45, 2.75) is 6.42 Å². The van der Waals surface area contributed by atoms with Gasteiger partial charge in [0.25, 0.3) is 17.5 Å². The Hall–Kier alpha value is -3.26. The highest BCUT2D eigenvalue weighted by Gasteiger charge is 2.67. The topological polar surface area (TPSA) is 106 Å². The number of benzene rings is 1. The van der Waals surface area contributed by atoms with Crippen LogP contribution >= 0.6 is 11.6 Å². The van der Waals surface area contributed by atoms with E-state index in [0.717, 1.165) is 11.4 Å². The van der Waals surface area contributed by atoms with Gasteiger partial charge in [-0.15, -0.1) is 0 Å². The third-order valence-electron chi connectivity index (χ3n) is 6.99. The first-order valence-corrected chi connectivity index (χ1v) is 10.5. The van der Waals surface area contributed by atoms with Gasteiger partial charge in [-0.1, -0.05) is 23.8 Å². The van der Waals surface area contributed by atoms with Crippen molar-refractivity contribution in [2.24, 2.45) is 40.6 Å². The molecule has 8 nitrogen and oxygen atoms in total. The molecule has 1 saturated heterocycles. The number of nitrogens with zero attached hydrogens (tertiary/aromatic N) is 3. The third-order valence-corrected chi connectivity index (χ3v) is 7.22. The third kappa shape index (κ3) is 2.64. The molecule has 0 radical (unpaired) electrons. The standard InChI is InChI=1S/C22H16ClN3O5/c23-10-1-3-14(17(7-10)26(29)30)18-6-2-11(31-18)9-24-25-21(27)19-12-4-5-13(16-8-15(12)16)20(19)22(25)28/h1-7,9,12-13,15-16,19-20H,8H2/b24-9-/t12-,13-,15-,16+,19-,20-/m1/s1. The van der Waals surface area contributed by atoms with Crippen LogP contribution in [0.4, 0.5) is 5.69 Å². The maximum atomic E-state index is 12.9. The van der Waals surface area contributed by atoms with Crippen LogP contribution in [0.3, 0.4) is 0 Å². The van der Waals surface area contributed by atoms with E-state index in [1.54, 1.807) is 12.1 Å². The summed E-state index contributed by atoms with van der Waals surface area (Å²) in [5.41, 5.74) is 0.0936. The Morgan fingerprint density at radius 2 is 1.77 bits per heavy atom. The minimum Gasteiger partial charge on any atom is -0.455 e. The van der Waals surface area contributed by atoms with Crippen molar-refractivity contribution in [3.63, 3.8) is 0 Å². The van der Waals surface area contributed by atoms with Gasteiger partial charge in [0.15, 0.2) is 0 Å². The van der Waals surface area contributed by atoms with Gasteiger partial charge >= 0.3 is 0 Å². The van der Waals surface area contributed by atoms with Gasteiger partial charge in [0.05, 0.1) is 28.5 Å². The Morgan fingerprint density at radius 1 is 1.10 bits per heavy atom. The molecule has 1 aliphatic heterocycles. The van der Waals surface area contributed by atoms with E-state index in [9.17, 15) is 19.7 Å². The highest BCUT2D eigenvalue weighted by Crippen LogP contribution is 2.65. The second-order valence-corrected chi connectivity index (χ2v) is 8.94. The summed E-state index contributed by atoms with van der Waals surface area (Å²) in [6, 6.07) is 7.45. The number of rotatable bonds is 4. The van der Waals surface area contributed by atoms with Crippen molar-refractivity contribution in [1.82, 2.24) is 5.01 Å². The largest absolute Gasteiger partial charge is 0.455 e. The lowest BCUT2D eigenvalue weighted by Gasteiger charge is -2.37. The molecule has 2 saturated carbocycles. The summed E-state index contributed by atoms with van der Waals surface area (Å²) < 4.78 is 5.67. The molecule has 1 aromatic carbocycles. The Morgan fingerprint density at radius 3 is 2.42 bits per heavy atom. The Kier molecular flexibility index (Phi) is 3.80. The fraction of sp³-hybridized carbons (Fsp3) is 0.318. The van der Waals surface area contributed by atoms with E-state index in [1.165, 1.54) is 24.4 Å². The number of halogens is 1. The van der Waals surface area contributed by atoms with Gasteiger partial charge in [-0.3, -0.25) is 19.7 Å². The van der Waals surface area contributed by atoms with E-state index >= 15 is 0 Å². The lowest BCUT2D eigenvalue weighted by atomic mass is 9.63. The van der Waals surface area contributed by atoms with Gasteiger partial charge in [0, 0.05) is 11.1 Å². The van der Waals surface area contributed by atoms with E-state index in [4.69, 9.17) is 16.0 Å². The predicted octanol–water partition coefficient (Wildman–Crippen LogP) is 3.90. The summed E-state index contributed by atoms with van der Waals surface area (Å²) in [4.78, 5) is 36.7. The molecule has 5 aliphatic rings. The monoisotopic (exact) mass is 437 g/mol. The second kappa shape index (κ2) is 6.37. The molecule has 2 amide bonds. The zero-order valence-electron chi connectivity index (χ0n) is 16.1. The first-order chi connectivity index (χ1) is 14.9. The number of amides is 2. The molecule has 1 aromatic heterocycles. The Balaban J connectivity index is 1.26. The summed E-state index contributed by atoms with van der Waals surface area (Å²) in [6.07, 6.45) is 6.62. The molecule has 0 N–H and O–H groups in total. The van der Waals surface area contributed by atoms with Crippen molar-refractivity contribution in [3.8, 4) is 11.3 Å². The molecule has 7 rings (SSSR count). The lowest BCUT2D eigenvalue weighted by Crippen LogP contribution is -2.40. The molecular formula is C22H16ClN3O5. The van der Waals surface area contributed by atoms with Gasteiger partial charge in [-0.2, -0.15) is 10.1 Å². The summed E-state index contributed by atoms with van der Waals surface area (Å²) >= 11 is 5.86. The van der Waals surface area contributed by atoms with Crippen LogP contribution in [0.5, 0.6) is 0 Å². The zero-order valence-corrected chi connectivity index (χ0v) is 16.8. The van der Waals surface area contributed by atoms with Crippen LogP contribution in [-0.4, -0.2) is 28.0 Å². The molecule has 2 heterocycles. The van der Waals surface area contributed by atoms with E-state index in [0.29, 0.717) is 11.8 Å². The number of carbonyl (C=O) groups is 2. The number of hydrazone groups is 1. The fourth-order valence-electron chi connectivity index (χ4n) is 5.60. The highest BCUT2D eigenvalue weighted by molar-refractivity contribution is 6.30.